The first-order valence-corrected chi connectivity index (χ1v) is 12.5. The first-order valence-electron chi connectivity index (χ1n) is 11.7. The maximum absolute atomic E-state index is 13.3. The number of halogens is 2. The van der Waals surface area contributed by atoms with Crippen LogP contribution in [0.1, 0.15) is 38.2 Å². The molecule has 0 bridgehead atoms. The summed E-state index contributed by atoms with van der Waals surface area (Å²) in [6, 6.07) is 20.1. The Balaban J connectivity index is 1.67. The van der Waals surface area contributed by atoms with Gasteiger partial charge in [0.15, 0.2) is 5.82 Å². The molecular weight excluding hydrogens is 511 g/mol. The number of hydrogen-bond acceptors (Lipinski definition) is 6. The van der Waals surface area contributed by atoms with E-state index < -0.39 is 17.7 Å². The van der Waals surface area contributed by atoms with Crippen molar-refractivity contribution in [2.45, 2.75) is 39.0 Å². The highest BCUT2D eigenvalue weighted by molar-refractivity contribution is 6.30. The fourth-order valence-corrected chi connectivity index (χ4v) is 4.00. The van der Waals surface area contributed by atoms with Crippen LogP contribution in [0.25, 0.3) is 11.4 Å². The number of H-pyrrole nitrogens is 1. The zero-order valence-electron chi connectivity index (χ0n) is 20.8. The summed E-state index contributed by atoms with van der Waals surface area (Å²) in [6.07, 6.45) is 1.16. The van der Waals surface area contributed by atoms with Gasteiger partial charge in [0.2, 0.25) is 0 Å². The second-order valence-corrected chi connectivity index (χ2v) is 10.3. The highest BCUT2D eigenvalue weighted by Gasteiger charge is 2.27. The van der Waals surface area contributed by atoms with Crippen molar-refractivity contribution in [1.82, 2.24) is 25.1 Å². The van der Waals surface area contributed by atoms with E-state index >= 15 is 0 Å². The molecule has 2 N–H and O–H groups in total. The van der Waals surface area contributed by atoms with Crippen LogP contribution in [0.2, 0.25) is 10.2 Å². The molecule has 37 heavy (non-hydrogen) atoms. The van der Waals surface area contributed by atoms with E-state index in [0.29, 0.717) is 28.4 Å². The van der Waals surface area contributed by atoms with E-state index in [-0.39, 0.29) is 6.54 Å². The molecule has 2 aromatic heterocycles. The van der Waals surface area contributed by atoms with Gasteiger partial charge >= 0.3 is 6.09 Å². The van der Waals surface area contributed by atoms with E-state index in [1.807, 2.05) is 69.3 Å². The number of aromatic amines is 1. The Hall–Kier alpha value is -3.62. The Kier molecular flexibility index (Phi) is 8.31. The lowest BCUT2D eigenvalue weighted by atomic mass is 10.1. The van der Waals surface area contributed by atoms with Crippen molar-refractivity contribution < 1.29 is 9.53 Å². The average Bonchev–Trinajstić information content (AvgIpc) is 3.33. The van der Waals surface area contributed by atoms with Crippen LogP contribution in [-0.2, 0) is 11.3 Å². The predicted octanol–water partition coefficient (Wildman–Crippen LogP) is 6.76. The SMILES string of the molecule is CC(C)(C)OC(=O)N(Cc1ccccc1)CC(Nc1cccc(Cl)c1)c1nc(-c2ccnc(Cl)c2)n[nH]1. The number of aromatic nitrogens is 4. The molecule has 1 atom stereocenters. The molecule has 0 spiro atoms. The molecule has 0 fully saturated rings. The molecular formula is C27H28Cl2N6O2. The summed E-state index contributed by atoms with van der Waals surface area (Å²) in [5.74, 6) is 0.994. The fourth-order valence-electron chi connectivity index (χ4n) is 3.64. The third-order valence-corrected chi connectivity index (χ3v) is 5.70. The van der Waals surface area contributed by atoms with Crippen molar-refractivity contribution in [1.29, 1.82) is 0 Å². The number of anilines is 1. The van der Waals surface area contributed by atoms with Crippen molar-refractivity contribution in [3.8, 4) is 11.4 Å². The third kappa shape index (κ3) is 7.68. The summed E-state index contributed by atoms with van der Waals surface area (Å²) in [5.41, 5.74) is 1.81. The molecule has 0 saturated heterocycles. The summed E-state index contributed by atoms with van der Waals surface area (Å²) in [4.78, 5) is 23.7. The first kappa shape index (κ1) is 26.4. The van der Waals surface area contributed by atoms with Gasteiger partial charge in [-0.15, -0.1) is 0 Å². The molecule has 0 aliphatic heterocycles. The summed E-state index contributed by atoms with van der Waals surface area (Å²) in [6.45, 7) is 6.12. The zero-order valence-corrected chi connectivity index (χ0v) is 22.3. The Morgan fingerprint density at radius 1 is 1.08 bits per heavy atom. The van der Waals surface area contributed by atoms with Crippen LogP contribution in [0.3, 0.4) is 0 Å². The van der Waals surface area contributed by atoms with Gasteiger partial charge in [0.1, 0.15) is 22.6 Å². The number of amides is 1. The molecule has 2 aromatic carbocycles. The van der Waals surface area contributed by atoms with Crippen molar-refractivity contribution in [3.63, 3.8) is 0 Å². The van der Waals surface area contributed by atoms with Crippen molar-refractivity contribution >= 4 is 35.0 Å². The van der Waals surface area contributed by atoms with Crippen molar-refractivity contribution in [2.75, 3.05) is 11.9 Å². The van der Waals surface area contributed by atoms with Gasteiger partial charge in [0.25, 0.3) is 0 Å². The van der Waals surface area contributed by atoms with Crippen LogP contribution >= 0.6 is 23.2 Å². The lowest BCUT2D eigenvalue weighted by Crippen LogP contribution is -2.40. The quantitative estimate of drug-likeness (QED) is 0.240. The van der Waals surface area contributed by atoms with Gasteiger partial charge in [-0.2, -0.15) is 5.10 Å². The molecule has 0 saturated carbocycles. The van der Waals surface area contributed by atoms with Crippen LogP contribution in [0.15, 0.2) is 72.9 Å². The number of benzene rings is 2. The van der Waals surface area contributed by atoms with E-state index in [9.17, 15) is 4.79 Å². The van der Waals surface area contributed by atoms with E-state index in [1.165, 1.54) is 0 Å². The molecule has 2 heterocycles. The number of carbonyl (C=O) groups is 1. The normalized spacial score (nSPS) is 12.1. The monoisotopic (exact) mass is 538 g/mol. The van der Waals surface area contributed by atoms with Crippen LogP contribution in [0.5, 0.6) is 0 Å². The standard InChI is InChI=1S/C27H28Cl2N6O2/c1-27(2,3)37-26(36)35(16-18-8-5-4-6-9-18)17-22(31-21-11-7-10-20(28)15-21)25-32-24(33-34-25)19-12-13-30-23(29)14-19/h4-15,22,31H,16-17H2,1-3H3,(H,32,33,34). The Bertz CT molecular complexity index is 1340. The lowest BCUT2D eigenvalue weighted by molar-refractivity contribution is 0.0224. The van der Waals surface area contributed by atoms with E-state index in [4.69, 9.17) is 32.9 Å². The third-order valence-electron chi connectivity index (χ3n) is 5.25. The largest absolute Gasteiger partial charge is 0.444 e. The van der Waals surface area contributed by atoms with Gasteiger partial charge in [-0.25, -0.2) is 14.8 Å². The Labute approximate surface area is 226 Å². The molecule has 1 unspecified atom stereocenters. The fraction of sp³-hybridized carbons (Fsp3) is 0.259. The second-order valence-electron chi connectivity index (χ2n) is 9.47. The van der Waals surface area contributed by atoms with Gasteiger partial charge < -0.3 is 15.0 Å². The molecule has 0 aliphatic carbocycles. The highest BCUT2D eigenvalue weighted by atomic mass is 35.5. The predicted molar refractivity (Wildman–Crippen MR) is 146 cm³/mol. The van der Waals surface area contributed by atoms with Crippen molar-refractivity contribution in [3.05, 3.63) is 94.5 Å². The number of nitrogens with one attached hydrogen (secondary N) is 2. The van der Waals surface area contributed by atoms with E-state index in [1.54, 1.807) is 29.3 Å². The van der Waals surface area contributed by atoms with Crippen LogP contribution in [-0.4, -0.2) is 43.3 Å². The number of ether oxygens (including phenoxy) is 1. The highest BCUT2D eigenvalue weighted by Crippen LogP contribution is 2.25. The summed E-state index contributed by atoms with van der Waals surface area (Å²) in [5, 5.41) is 11.8. The number of hydrogen-bond donors (Lipinski definition) is 2. The number of nitrogens with zero attached hydrogens (tertiary/aromatic N) is 4. The zero-order chi connectivity index (χ0) is 26.4. The summed E-state index contributed by atoms with van der Waals surface area (Å²) in [7, 11) is 0. The smallest absolute Gasteiger partial charge is 0.410 e. The first-order chi connectivity index (χ1) is 17.7. The van der Waals surface area contributed by atoms with Crippen LogP contribution in [0, 0.1) is 0 Å². The topological polar surface area (TPSA) is 96.0 Å². The van der Waals surface area contributed by atoms with E-state index in [2.05, 4.69) is 20.5 Å². The maximum Gasteiger partial charge on any atom is 0.410 e. The molecule has 4 rings (SSSR count). The minimum Gasteiger partial charge on any atom is -0.444 e. The number of pyridine rings is 1. The van der Waals surface area contributed by atoms with Gasteiger partial charge in [0.05, 0.1) is 6.54 Å². The number of carbonyl (C=O) groups excluding carboxylic acids is 1. The minimum absolute atomic E-state index is 0.238. The molecule has 4 aromatic rings. The van der Waals surface area contributed by atoms with Gasteiger partial charge in [-0.05, 0) is 56.7 Å². The summed E-state index contributed by atoms with van der Waals surface area (Å²) < 4.78 is 5.74. The summed E-state index contributed by atoms with van der Waals surface area (Å²) >= 11 is 12.3. The van der Waals surface area contributed by atoms with Gasteiger partial charge in [-0.1, -0.05) is 59.6 Å². The number of rotatable bonds is 8. The molecule has 10 heteroatoms. The maximum atomic E-state index is 13.3. The molecule has 192 valence electrons. The molecule has 1 amide bonds. The second kappa shape index (κ2) is 11.6. The molecule has 0 radical (unpaired) electrons. The van der Waals surface area contributed by atoms with Gasteiger partial charge in [0, 0.05) is 29.0 Å². The van der Waals surface area contributed by atoms with Crippen LogP contribution in [0.4, 0.5) is 10.5 Å². The molecule has 0 aliphatic rings. The average molecular weight is 539 g/mol. The minimum atomic E-state index is -0.651. The molecule has 8 nitrogen and oxygen atoms in total. The Morgan fingerprint density at radius 3 is 2.57 bits per heavy atom. The van der Waals surface area contributed by atoms with Crippen molar-refractivity contribution in [2.24, 2.45) is 0 Å². The van der Waals surface area contributed by atoms with E-state index in [0.717, 1.165) is 16.8 Å². The Morgan fingerprint density at radius 2 is 1.86 bits per heavy atom. The van der Waals surface area contributed by atoms with Gasteiger partial charge in [-0.3, -0.25) is 5.10 Å². The van der Waals surface area contributed by atoms with Crippen LogP contribution < -0.4 is 5.32 Å². The lowest BCUT2D eigenvalue weighted by Gasteiger charge is -2.30.